The summed E-state index contributed by atoms with van der Waals surface area (Å²) >= 11 is 3.47. The van der Waals surface area contributed by atoms with Crippen LogP contribution in [0.3, 0.4) is 0 Å². The number of anilines is 4. The average molecular weight is 383 g/mol. The lowest BCUT2D eigenvalue weighted by atomic mass is 10.2. The molecule has 0 spiro atoms. The fraction of sp³-hybridized carbons (Fsp3) is 0.158. The molecule has 3 aromatic rings. The first-order chi connectivity index (χ1) is 11.7. The molecule has 0 atom stereocenters. The molecule has 0 aliphatic rings. The van der Waals surface area contributed by atoms with E-state index in [0.29, 0.717) is 5.95 Å². The number of aryl methyl sites for hydroxylation is 1. The molecule has 3 rings (SSSR count). The zero-order chi connectivity index (χ0) is 16.9. The van der Waals surface area contributed by atoms with Crippen molar-refractivity contribution in [1.82, 2.24) is 9.97 Å². The van der Waals surface area contributed by atoms with Gasteiger partial charge in [0.05, 0.1) is 0 Å². The van der Waals surface area contributed by atoms with Crippen LogP contribution in [-0.2, 0) is 0 Å². The lowest BCUT2D eigenvalue weighted by Gasteiger charge is -2.22. The van der Waals surface area contributed by atoms with Crippen LogP contribution in [0.15, 0.2) is 65.3 Å². The largest absolute Gasteiger partial charge is 0.326 e. The smallest absolute Gasteiger partial charge is 0.229 e. The van der Waals surface area contributed by atoms with E-state index in [-0.39, 0.29) is 0 Å². The highest BCUT2D eigenvalue weighted by Gasteiger charge is 2.10. The van der Waals surface area contributed by atoms with Gasteiger partial charge in [0.15, 0.2) is 0 Å². The van der Waals surface area contributed by atoms with Crippen molar-refractivity contribution >= 4 is 39.1 Å². The van der Waals surface area contributed by atoms with Gasteiger partial charge in [0, 0.05) is 28.6 Å². The van der Waals surface area contributed by atoms with E-state index in [1.54, 1.807) is 6.20 Å². The number of nitrogens with one attached hydrogen (secondary N) is 1. The lowest BCUT2D eigenvalue weighted by Crippen LogP contribution is -2.18. The van der Waals surface area contributed by atoms with E-state index in [1.807, 2.05) is 30.3 Å². The molecule has 0 fully saturated rings. The van der Waals surface area contributed by atoms with E-state index >= 15 is 0 Å². The van der Waals surface area contributed by atoms with Crippen molar-refractivity contribution in [2.24, 2.45) is 0 Å². The first kappa shape index (κ1) is 16.5. The van der Waals surface area contributed by atoms with Crippen LogP contribution in [0.2, 0.25) is 0 Å². The third kappa shape index (κ3) is 3.92. The van der Waals surface area contributed by atoms with E-state index in [4.69, 9.17) is 0 Å². The lowest BCUT2D eigenvalue weighted by molar-refractivity contribution is 0.977. The van der Waals surface area contributed by atoms with Crippen LogP contribution in [0.4, 0.5) is 23.1 Å². The topological polar surface area (TPSA) is 41.1 Å². The molecule has 0 aliphatic carbocycles. The van der Waals surface area contributed by atoms with Gasteiger partial charge >= 0.3 is 0 Å². The minimum absolute atomic E-state index is 0.580. The summed E-state index contributed by atoms with van der Waals surface area (Å²) in [4.78, 5) is 11.2. The van der Waals surface area contributed by atoms with Crippen LogP contribution in [0.1, 0.15) is 12.5 Å². The molecular formula is C19H19BrN4. The number of rotatable bonds is 5. The standard InChI is InChI=1S/C19H19BrN4/c1-3-24(17-9-4-6-14(2)12-17)18-10-11-21-19(23-18)22-16-8-5-7-15(20)13-16/h4-13H,3H2,1-2H3,(H,21,22,23). The highest BCUT2D eigenvalue weighted by atomic mass is 79.9. The minimum atomic E-state index is 0.580. The van der Waals surface area contributed by atoms with Crippen molar-refractivity contribution in [3.05, 3.63) is 70.8 Å². The second-order valence-corrected chi connectivity index (χ2v) is 6.37. The van der Waals surface area contributed by atoms with E-state index in [9.17, 15) is 0 Å². The van der Waals surface area contributed by atoms with Crippen molar-refractivity contribution in [2.45, 2.75) is 13.8 Å². The number of nitrogens with zero attached hydrogens (tertiary/aromatic N) is 3. The van der Waals surface area contributed by atoms with E-state index in [0.717, 1.165) is 28.2 Å². The fourth-order valence-corrected chi connectivity index (χ4v) is 2.93. The first-order valence-electron chi connectivity index (χ1n) is 7.85. The van der Waals surface area contributed by atoms with Crippen LogP contribution in [-0.4, -0.2) is 16.5 Å². The summed E-state index contributed by atoms with van der Waals surface area (Å²) in [6.07, 6.45) is 1.78. The Morgan fingerprint density at radius 1 is 1.08 bits per heavy atom. The number of aromatic nitrogens is 2. The summed E-state index contributed by atoms with van der Waals surface area (Å²) < 4.78 is 1.01. The van der Waals surface area contributed by atoms with E-state index in [2.05, 4.69) is 74.2 Å². The Bertz CT molecular complexity index is 835. The fourth-order valence-electron chi connectivity index (χ4n) is 2.53. The summed E-state index contributed by atoms with van der Waals surface area (Å²) in [5, 5.41) is 3.25. The van der Waals surface area contributed by atoms with Crippen molar-refractivity contribution in [3.8, 4) is 0 Å². The SMILES string of the molecule is CCN(c1cccc(C)c1)c1ccnc(Nc2cccc(Br)c2)n1. The Hall–Kier alpha value is -2.40. The van der Waals surface area contributed by atoms with Crippen LogP contribution in [0.5, 0.6) is 0 Å². The average Bonchev–Trinajstić information content (AvgIpc) is 2.56. The molecule has 24 heavy (non-hydrogen) atoms. The summed E-state index contributed by atoms with van der Waals surface area (Å²) in [6.45, 7) is 5.04. The van der Waals surface area contributed by atoms with Crippen LogP contribution in [0.25, 0.3) is 0 Å². The maximum atomic E-state index is 4.66. The van der Waals surface area contributed by atoms with E-state index < -0.39 is 0 Å². The molecule has 0 amide bonds. The van der Waals surface area contributed by atoms with Crippen molar-refractivity contribution in [1.29, 1.82) is 0 Å². The molecule has 1 heterocycles. The molecule has 1 N–H and O–H groups in total. The molecule has 0 unspecified atom stereocenters. The molecule has 0 aliphatic heterocycles. The first-order valence-corrected chi connectivity index (χ1v) is 8.65. The van der Waals surface area contributed by atoms with Gasteiger partial charge < -0.3 is 10.2 Å². The van der Waals surface area contributed by atoms with Crippen LogP contribution in [0, 0.1) is 6.92 Å². The summed E-state index contributed by atoms with van der Waals surface area (Å²) in [6, 6.07) is 18.3. The van der Waals surface area contributed by atoms with Crippen LogP contribution >= 0.6 is 15.9 Å². The zero-order valence-corrected chi connectivity index (χ0v) is 15.3. The van der Waals surface area contributed by atoms with Gasteiger partial charge in [-0.05, 0) is 55.8 Å². The third-order valence-electron chi connectivity index (χ3n) is 3.63. The molecule has 0 bridgehead atoms. The maximum absolute atomic E-state index is 4.66. The van der Waals surface area contributed by atoms with Gasteiger partial charge in [-0.15, -0.1) is 0 Å². The monoisotopic (exact) mass is 382 g/mol. The molecule has 5 heteroatoms. The zero-order valence-electron chi connectivity index (χ0n) is 13.7. The second-order valence-electron chi connectivity index (χ2n) is 5.46. The quantitative estimate of drug-likeness (QED) is 0.636. The molecule has 122 valence electrons. The molecule has 1 aromatic heterocycles. The Morgan fingerprint density at radius 2 is 1.92 bits per heavy atom. The maximum Gasteiger partial charge on any atom is 0.229 e. The Morgan fingerprint density at radius 3 is 2.67 bits per heavy atom. The van der Waals surface area contributed by atoms with Gasteiger partial charge in [0.2, 0.25) is 5.95 Å². The normalized spacial score (nSPS) is 10.5. The molecular weight excluding hydrogens is 364 g/mol. The summed E-state index contributed by atoms with van der Waals surface area (Å²) in [5.74, 6) is 1.45. The Labute approximate surface area is 150 Å². The summed E-state index contributed by atoms with van der Waals surface area (Å²) in [5.41, 5.74) is 3.30. The van der Waals surface area contributed by atoms with Gasteiger partial charge in [-0.25, -0.2) is 4.98 Å². The highest BCUT2D eigenvalue weighted by molar-refractivity contribution is 9.10. The highest BCUT2D eigenvalue weighted by Crippen LogP contribution is 2.25. The predicted molar refractivity (Wildman–Crippen MR) is 103 cm³/mol. The van der Waals surface area contributed by atoms with Gasteiger partial charge in [0.25, 0.3) is 0 Å². The number of benzene rings is 2. The Balaban J connectivity index is 1.88. The molecule has 0 radical (unpaired) electrons. The number of halogens is 1. The molecule has 0 saturated carbocycles. The molecule has 4 nitrogen and oxygen atoms in total. The molecule has 2 aromatic carbocycles. The van der Waals surface area contributed by atoms with Gasteiger partial charge in [-0.2, -0.15) is 4.98 Å². The van der Waals surface area contributed by atoms with Gasteiger partial charge in [-0.3, -0.25) is 0 Å². The van der Waals surface area contributed by atoms with Gasteiger partial charge in [0.1, 0.15) is 5.82 Å². The third-order valence-corrected chi connectivity index (χ3v) is 4.12. The second kappa shape index (κ2) is 7.45. The summed E-state index contributed by atoms with van der Waals surface area (Å²) in [7, 11) is 0. The van der Waals surface area contributed by atoms with Crippen molar-refractivity contribution < 1.29 is 0 Å². The Kier molecular flexibility index (Phi) is 5.11. The number of hydrogen-bond acceptors (Lipinski definition) is 4. The molecule has 0 saturated heterocycles. The minimum Gasteiger partial charge on any atom is -0.326 e. The predicted octanol–water partition coefficient (Wildman–Crippen LogP) is 5.45. The number of hydrogen-bond donors (Lipinski definition) is 1. The van der Waals surface area contributed by atoms with Crippen molar-refractivity contribution in [3.63, 3.8) is 0 Å². The van der Waals surface area contributed by atoms with Crippen LogP contribution < -0.4 is 10.2 Å². The van der Waals surface area contributed by atoms with Gasteiger partial charge in [-0.1, -0.05) is 34.1 Å². The van der Waals surface area contributed by atoms with Crippen molar-refractivity contribution in [2.75, 3.05) is 16.8 Å². The van der Waals surface area contributed by atoms with E-state index in [1.165, 1.54) is 5.56 Å².